The lowest BCUT2D eigenvalue weighted by molar-refractivity contribution is 0.473. The van der Waals surface area contributed by atoms with E-state index in [9.17, 15) is 0 Å². The highest BCUT2D eigenvalue weighted by atomic mass is 14.9. The van der Waals surface area contributed by atoms with E-state index >= 15 is 0 Å². The summed E-state index contributed by atoms with van der Waals surface area (Å²) < 4.78 is 0. The lowest BCUT2D eigenvalue weighted by Crippen LogP contribution is -2.36. The summed E-state index contributed by atoms with van der Waals surface area (Å²) in [6.45, 7) is 4.21. The molecule has 0 radical (unpaired) electrons. The van der Waals surface area contributed by atoms with Crippen LogP contribution in [0.15, 0.2) is 0 Å². The van der Waals surface area contributed by atoms with Crippen molar-refractivity contribution in [1.29, 1.82) is 10.5 Å². The van der Waals surface area contributed by atoms with Crippen LogP contribution in [0.2, 0.25) is 0 Å². The summed E-state index contributed by atoms with van der Waals surface area (Å²) in [6, 6.07) is 4.11. The summed E-state index contributed by atoms with van der Waals surface area (Å²) in [5, 5.41) is 20.9. The van der Waals surface area contributed by atoms with E-state index < -0.39 is 0 Å². The Morgan fingerprint density at radius 3 is 1.60 bits per heavy atom. The molecule has 3 nitrogen and oxygen atoms in total. The summed E-state index contributed by atoms with van der Waals surface area (Å²) in [7, 11) is 0. The van der Waals surface area contributed by atoms with Crippen LogP contribution in [0, 0.1) is 22.7 Å². The van der Waals surface area contributed by atoms with E-state index in [1.165, 1.54) is 0 Å². The van der Waals surface area contributed by atoms with Crippen molar-refractivity contribution in [3.63, 3.8) is 0 Å². The fourth-order valence-corrected chi connectivity index (χ4v) is 1.43. The first kappa shape index (κ1) is 13.9. The van der Waals surface area contributed by atoms with Crippen LogP contribution in [0.5, 0.6) is 0 Å². The van der Waals surface area contributed by atoms with Crippen molar-refractivity contribution >= 4 is 0 Å². The largest absolute Gasteiger partial charge is 0.287 e. The van der Waals surface area contributed by atoms with E-state index in [1.54, 1.807) is 0 Å². The first-order chi connectivity index (χ1) is 7.28. The second kappa shape index (κ2) is 9.49. The quantitative estimate of drug-likeness (QED) is 0.665. The van der Waals surface area contributed by atoms with Crippen LogP contribution in [0.4, 0.5) is 0 Å². The fraction of sp³-hybridized carbons (Fsp3) is 0.833. The number of nitriles is 2. The predicted molar refractivity (Wildman–Crippen MR) is 61.0 cm³/mol. The average molecular weight is 207 g/mol. The second-order valence-corrected chi connectivity index (χ2v) is 3.81. The zero-order valence-electron chi connectivity index (χ0n) is 9.79. The van der Waals surface area contributed by atoms with Crippen molar-refractivity contribution in [2.75, 3.05) is 0 Å². The molecule has 0 heterocycles. The molecule has 0 aliphatic carbocycles. The van der Waals surface area contributed by atoms with Gasteiger partial charge in [0.25, 0.3) is 0 Å². The normalized spacial score (nSPS) is 13.9. The predicted octanol–water partition coefficient (Wildman–Crippen LogP) is 2.74. The smallest absolute Gasteiger partial charge is 0.0962 e. The number of rotatable bonds is 8. The van der Waals surface area contributed by atoms with Gasteiger partial charge in [0.2, 0.25) is 0 Å². The minimum absolute atomic E-state index is 0.161. The Balaban J connectivity index is 3.91. The zero-order chi connectivity index (χ0) is 11.5. The Labute approximate surface area is 93.1 Å². The Morgan fingerprint density at radius 2 is 1.33 bits per heavy atom. The number of hydrogen-bond donors (Lipinski definition) is 1. The molecule has 0 spiro atoms. The minimum Gasteiger partial charge on any atom is -0.287 e. The summed E-state index contributed by atoms with van der Waals surface area (Å²) in [5.74, 6) is 0. The number of hydrogen-bond acceptors (Lipinski definition) is 3. The van der Waals surface area contributed by atoms with E-state index in [4.69, 9.17) is 10.5 Å². The summed E-state index contributed by atoms with van der Waals surface area (Å²) in [5.41, 5.74) is 0. The monoisotopic (exact) mass is 207 g/mol. The van der Waals surface area contributed by atoms with Gasteiger partial charge in [0.1, 0.15) is 0 Å². The third kappa shape index (κ3) is 6.94. The molecule has 1 N–H and O–H groups in total. The molecule has 15 heavy (non-hydrogen) atoms. The molecular formula is C12H21N3. The molecule has 84 valence electrons. The molecule has 2 atom stereocenters. The van der Waals surface area contributed by atoms with Gasteiger partial charge in [-0.25, -0.2) is 0 Å². The zero-order valence-corrected chi connectivity index (χ0v) is 9.79. The molecule has 0 bridgehead atoms. The summed E-state index contributed by atoms with van der Waals surface area (Å²) >= 11 is 0. The van der Waals surface area contributed by atoms with Crippen LogP contribution in [0.1, 0.15) is 52.4 Å². The molecule has 0 aromatic rings. The first-order valence-electron chi connectivity index (χ1n) is 5.83. The molecule has 0 aliphatic rings. The van der Waals surface area contributed by atoms with Gasteiger partial charge in [-0.3, -0.25) is 5.32 Å². The number of nitrogens with zero attached hydrogens (tertiary/aromatic N) is 2. The Hall–Kier alpha value is -1.06. The maximum atomic E-state index is 8.90. The Kier molecular flexibility index (Phi) is 8.82. The van der Waals surface area contributed by atoms with E-state index in [0.717, 1.165) is 38.5 Å². The van der Waals surface area contributed by atoms with Crippen molar-refractivity contribution in [2.45, 2.75) is 64.5 Å². The molecule has 0 rings (SSSR count). The van der Waals surface area contributed by atoms with Gasteiger partial charge >= 0.3 is 0 Å². The number of nitrogens with one attached hydrogen (secondary N) is 1. The molecule has 0 aromatic heterocycles. The van der Waals surface area contributed by atoms with Gasteiger partial charge in [-0.2, -0.15) is 10.5 Å². The van der Waals surface area contributed by atoms with Gasteiger partial charge in [0.15, 0.2) is 0 Å². The summed E-state index contributed by atoms with van der Waals surface area (Å²) in [4.78, 5) is 0. The maximum absolute atomic E-state index is 8.90. The molecule has 0 fully saturated rings. The lowest BCUT2D eigenvalue weighted by atomic mass is 10.1. The highest BCUT2D eigenvalue weighted by Gasteiger charge is 2.13. The molecule has 0 amide bonds. The highest BCUT2D eigenvalue weighted by Crippen LogP contribution is 2.04. The van der Waals surface area contributed by atoms with Crippen molar-refractivity contribution in [3.8, 4) is 12.1 Å². The number of unbranched alkanes of at least 4 members (excludes halogenated alkanes) is 2. The Bertz CT molecular complexity index is 200. The van der Waals surface area contributed by atoms with E-state index in [0.29, 0.717) is 0 Å². The van der Waals surface area contributed by atoms with Gasteiger partial charge < -0.3 is 0 Å². The summed E-state index contributed by atoms with van der Waals surface area (Å²) in [6.07, 6.45) is 5.95. The van der Waals surface area contributed by atoms with Crippen molar-refractivity contribution in [1.82, 2.24) is 5.32 Å². The van der Waals surface area contributed by atoms with Gasteiger partial charge in [0.05, 0.1) is 24.2 Å². The van der Waals surface area contributed by atoms with E-state index in [1.807, 2.05) is 0 Å². The second-order valence-electron chi connectivity index (χ2n) is 3.81. The van der Waals surface area contributed by atoms with Crippen molar-refractivity contribution in [2.24, 2.45) is 0 Å². The highest BCUT2D eigenvalue weighted by molar-refractivity contribution is 4.98. The van der Waals surface area contributed by atoms with Crippen LogP contribution < -0.4 is 5.32 Å². The van der Waals surface area contributed by atoms with Gasteiger partial charge in [-0.15, -0.1) is 0 Å². The van der Waals surface area contributed by atoms with Crippen molar-refractivity contribution in [3.05, 3.63) is 0 Å². The first-order valence-corrected chi connectivity index (χ1v) is 5.83. The van der Waals surface area contributed by atoms with Crippen LogP contribution >= 0.6 is 0 Å². The van der Waals surface area contributed by atoms with Gasteiger partial charge in [0, 0.05) is 0 Å². The van der Waals surface area contributed by atoms with Crippen LogP contribution in [-0.2, 0) is 0 Å². The standard InChI is InChI=1S/C12H21N3/c1-3-5-7-11(9-13)15-12(10-14)8-6-4-2/h11-12,15H,3-8H2,1-2H3. The van der Waals surface area contributed by atoms with Crippen LogP contribution in [-0.4, -0.2) is 12.1 Å². The molecule has 0 saturated carbocycles. The van der Waals surface area contributed by atoms with E-state index in [2.05, 4.69) is 31.3 Å². The third-order valence-electron chi connectivity index (χ3n) is 2.41. The maximum Gasteiger partial charge on any atom is 0.0962 e. The van der Waals surface area contributed by atoms with E-state index in [-0.39, 0.29) is 12.1 Å². The SMILES string of the molecule is CCCCC(C#N)NC(C#N)CCCC. The topological polar surface area (TPSA) is 59.6 Å². The minimum atomic E-state index is -0.161. The van der Waals surface area contributed by atoms with Gasteiger partial charge in [-0.1, -0.05) is 39.5 Å². The van der Waals surface area contributed by atoms with Crippen LogP contribution in [0.3, 0.4) is 0 Å². The molecular weight excluding hydrogens is 186 g/mol. The van der Waals surface area contributed by atoms with Gasteiger partial charge in [-0.05, 0) is 12.8 Å². The van der Waals surface area contributed by atoms with Crippen LogP contribution in [0.25, 0.3) is 0 Å². The lowest BCUT2D eigenvalue weighted by Gasteiger charge is -2.15. The third-order valence-corrected chi connectivity index (χ3v) is 2.41. The Morgan fingerprint density at radius 1 is 0.933 bits per heavy atom. The molecule has 0 aliphatic heterocycles. The fourth-order valence-electron chi connectivity index (χ4n) is 1.43. The molecule has 0 aromatic carbocycles. The molecule has 3 heteroatoms. The van der Waals surface area contributed by atoms with Crippen molar-refractivity contribution < 1.29 is 0 Å². The molecule has 2 unspecified atom stereocenters. The average Bonchev–Trinajstić information content (AvgIpc) is 2.28. The molecule has 0 saturated heterocycles.